The Labute approximate surface area is 157 Å². The van der Waals surface area contributed by atoms with Gasteiger partial charge in [-0.05, 0) is 65.3 Å². The third-order valence-electron chi connectivity index (χ3n) is 6.27. The molecule has 4 aromatic rings. The highest BCUT2D eigenvalue weighted by Gasteiger charge is 2.33. The van der Waals surface area contributed by atoms with E-state index in [0.29, 0.717) is 6.42 Å². The molecule has 132 valence electrons. The van der Waals surface area contributed by atoms with Gasteiger partial charge in [0.2, 0.25) is 0 Å². The van der Waals surface area contributed by atoms with Crippen LogP contribution in [0.1, 0.15) is 33.5 Å². The van der Waals surface area contributed by atoms with Crippen molar-refractivity contribution in [1.82, 2.24) is 4.98 Å². The second-order valence-corrected chi connectivity index (χ2v) is 7.57. The lowest BCUT2D eigenvalue weighted by atomic mass is 9.80. The highest BCUT2D eigenvalue weighted by molar-refractivity contribution is 6.19. The molecule has 0 saturated heterocycles. The minimum absolute atomic E-state index is 0.289. The van der Waals surface area contributed by atoms with Gasteiger partial charge in [0.1, 0.15) is 5.75 Å². The van der Waals surface area contributed by atoms with Gasteiger partial charge in [-0.25, -0.2) is 0 Å². The van der Waals surface area contributed by atoms with Gasteiger partial charge in [0.15, 0.2) is 5.78 Å². The Kier molecular flexibility index (Phi) is 2.91. The molecular weight excluding hydrogens is 334 g/mol. The molecule has 0 spiro atoms. The molecule has 27 heavy (non-hydrogen) atoms. The molecule has 3 aromatic carbocycles. The summed E-state index contributed by atoms with van der Waals surface area (Å²) in [6.07, 6.45) is 3.37. The zero-order valence-electron chi connectivity index (χ0n) is 15.2. The molecule has 2 aliphatic rings. The van der Waals surface area contributed by atoms with Gasteiger partial charge in [-0.2, -0.15) is 0 Å². The maximum atomic E-state index is 12.9. The summed E-state index contributed by atoms with van der Waals surface area (Å²) in [5, 5.41) is 2.50. The lowest BCUT2D eigenvalue weighted by molar-refractivity contribution is 0.0995. The standard InChI is InChI=1S/C24H19NO2/c1-27-14-7-9-15-13(12-14)6-8-18-21(15)23-17(10-11-20(23)26)22-16-4-2-3-5-19(16)25-24(18)22/h2-5,7,9,12,25H,6,8,10-11H2,1H3. The summed E-state index contributed by atoms with van der Waals surface area (Å²) in [4.78, 5) is 16.6. The number of aryl methyl sites for hydroxylation is 3. The summed E-state index contributed by atoms with van der Waals surface area (Å²) >= 11 is 0. The van der Waals surface area contributed by atoms with Crippen molar-refractivity contribution in [3.63, 3.8) is 0 Å². The van der Waals surface area contributed by atoms with Crippen LogP contribution in [0.5, 0.6) is 5.75 Å². The van der Waals surface area contributed by atoms with Crippen LogP contribution in [0.2, 0.25) is 0 Å². The summed E-state index contributed by atoms with van der Waals surface area (Å²) in [5.74, 6) is 1.17. The first-order valence-corrected chi connectivity index (χ1v) is 9.55. The largest absolute Gasteiger partial charge is 0.497 e. The summed E-state index contributed by atoms with van der Waals surface area (Å²) in [7, 11) is 1.70. The fraction of sp³-hybridized carbons (Fsp3) is 0.208. The predicted octanol–water partition coefficient (Wildman–Crippen LogP) is 5.22. The van der Waals surface area contributed by atoms with E-state index in [4.69, 9.17) is 4.74 Å². The van der Waals surface area contributed by atoms with E-state index in [9.17, 15) is 4.79 Å². The lowest BCUT2D eigenvalue weighted by Gasteiger charge is -2.24. The van der Waals surface area contributed by atoms with Crippen LogP contribution >= 0.6 is 0 Å². The third kappa shape index (κ3) is 1.89. The molecule has 0 unspecified atom stereocenters. The Balaban J connectivity index is 1.79. The molecule has 3 heteroatoms. The van der Waals surface area contributed by atoms with Crippen molar-refractivity contribution in [3.05, 3.63) is 64.7 Å². The fourth-order valence-electron chi connectivity index (χ4n) is 5.11. The van der Waals surface area contributed by atoms with E-state index >= 15 is 0 Å². The van der Waals surface area contributed by atoms with Crippen LogP contribution in [-0.4, -0.2) is 17.9 Å². The number of rotatable bonds is 1. The van der Waals surface area contributed by atoms with Gasteiger partial charge in [0.05, 0.1) is 12.6 Å². The Bertz CT molecular complexity index is 1280. The number of hydrogen-bond acceptors (Lipinski definition) is 2. The maximum Gasteiger partial charge on any atom is 0.164 e. The maximum absolute atomic E-state index is 12.9. The van der Waals surface area contributed by atoms with E-state index < -0.39 is 0 Å². The number of H-pyrrole nitrogens is 1. The first-order chi connectivity index (χ1) is 13.3. The molecule has 1 N–H and O–H groups in total. The summed E-state index contributed by atoms with van der Waals surface area (Å²) in [6, 6.07) is 14.7. The van der Waals surface area contributed by atoms with Crippen LogP contribution < -0.4 is 4.74 Å². The number of para-hydroxylation sites is 1. The average molecular weight is 353 g/mol. The van der Waals surface area contributed by atoms with Gasteiger partial charge in [0, 0.05) is 28.3 Å². The van der Waals surface area contributed by atoms with Crippen LogP contribution in [-0.2, 0) is 19.3 Å². The molecular formula is C24H19NO2. The Morgan fingerprint density at radius 3 is 2.67 bits per heavy atom. The van der Waals surface area contributed by atoms with Gasteiger partial charge < -0.3 is 9.72 Å². The first-order valence-electron chi connectivity index (χ1n) is 9.55. The van der Waals surface area contributed by atoms with Crippen molar-refractivity contribution in [3.8, 4) is 16.9 Å². The zero-order valence-corrected chi connectivity index (χ0v) is 15.2. The molecule has 0 aliphatic heterocycles. The van der Waals surface area contributed by atoms with Gasteiger partial charge in [-0.1, -0.05) is 24.3 Å². The Morgan fingerprint density at radius 2 is 1.78 bits per heavy atom. The molecule has 0 radical (unpaired) electrons. The smallest absolute Gasteiger partial charge is 0.164 e. The molecule has 6 rings (SSSR count). The normalized spacial score (nSPS) is 15.1. The minimum Gasteiger partial charge on any atom is -0.497 e. The first kappa shape index (κ1) is 15.0. The molecule has 1 heterocycles. The third-order valence-corrected chi connectivity index (χ3v) is 6.27. The van der Waals surface area contributed by atoms with Gasteiger partial charge >= 0.3 is 0 Å². The molecule has 0 atom stereocenters. The molecule has 2 aliphatic carbocycles. The predicted molar refractivity (Wildman–Crippen MR) is 108 cm³/mol. The number of methoxy groups -OCH3 is 1. The van der Waals surface area contributed by atoms with Crippen LogP contribution in [0.15, 0.2) is 42.5 Å². The number of ketones is 1. The van der Waals surface area contributed by atoms with Gasteiger partial charge in [-0.15, -0.1) is 0 Å². The molecule has 0 saturated carbocycles. The van der Waals surface area contributed by atoms with E-state index in [0.717, 1.165) is 41.7 Å². The van der Waals surface area contributed by atoms with Crippen molar-refractivity contribution in [2.24, 2.45) is 0 Å². The monoisotopic (exact) mass is 353 g/mol. The lowest BCUT2D eigenvalue weighted by Crippen LogP contribution is -2.10. The zero-order chi connectivity index (χ0) is 18.1. The van der Waals surface area contributed by atoms with E-state index in [2.05, 4.69) is 41.4 Å². The number of aromatic nitrogens is 1. The number of carbonyl (C=O) groups is 1. The summed E-state index contributed by atoms with van der Waals surface area (Å²) in [6.45, 7) is 0. The highest BCUT2D eigenvalue weighted by Crippen LogP contribution is 2.47. The molecule has 0 amide bonds. The number of ether oxygens (including phenoxy) is 1. The van der Waals surface area contributed by atoms with Crippen molar-refractivity contribution in [1.29, 1.82) is 0 Å². The van der Waals surface area contributed by atoms with Crippen molar-refractivity contribution >= 4 is 27.6 Å². The number of fused-ring (bicyclic) bond motifs is 10. The van der Waals surface area contributed by atoms with Crippen molar-refractivity contribution in [2.75, 3.05) is 7.11 Å². The van der Waals surface area contributed by atoms with Crippen LogP contribution in [0, 0.1) is 0 Å². The molecule has 0 bridgehead atoms. The fourth-order valence-corrected chi connectivity index (χ4v) is 5.11. The van der Waals surface area contributed by atoms with E-state index in [-0.39, 0.29) is 5.78 Å². The number of benzene rings is 3. The quantitative estimate of drug-likeness (QED) is 0.509. The van der Waals surface area contributed by atoms with Crippen molar-refractivity contribution in [2.45, 2.75) is 25.7 Å². The number of Topliss-reactive ketones (excluding diaryl/α,β-unsaturated/α-hetero) is 1. The van der Waals surface area contributed by atoms with Gasteiger partial charge in [-0.3, -0.25) is 4.79 Å². The van der Waals surface area contributed by atoms with Crippen LogP contribution in [0.3, 0.4) is 0 Å². The molecule has 0 fully saturated rings. The second-order valence-electron chi connectivity index (χ2n) is 7.57. The molecule has 1 aromatic heterocycles. The van der Waals surface area contributed by atoms with E-state index in [1.54, 1.807) is 7.11 Å². The molecule has 3 nitrogen and oxygen atoms in total. The van der Waals surface area contributed by atoms with Crippen molar-refractivity contribution < 1.29 is 9.53 Å². The number of aromatic amines is 1. The van der Waals surface area contributed by atoms with Crippen LogP contribution in [0.25, 0.3) is 32.9 Å². The van der Waals surface area contributed by atoms with E-state index in [1.165, 1.54) is 38.5 Å². The summed E-state index contributed by atoms with van der Waals surface area (Å²) < 4.78 is 5.42. The highest BCUT2D eigenvalue weighted by atomic mass is 16.5. The Morgan fingerprint density at radius 1 is 0.926 bits per heavy atom. The second kappa shape index (κ2) is 5.23. The summed E-state index contributed by atoms with van der Waals surface area (Å²) in [5.41, 5.74) is 9.51. The number of nitrogens with one attached hydrogen (secondary N) is 1. The number of hydrogen-bond donors (Lipinski definition) is 1. The Hall–Kier alpha value is -3.07. The SMILES string of the molecule is COc1ccc2c(c1)CCc1c-2c2c(c3c1[nH]c1ccccc13)CCC2=O. The van der Waals surface area contributed by atoms with Gasteiger partial charge in [0.25, 0.3) is 0 Å². The topological polar surface area (TPSA) is 42.1 Å². The van der Waals surface area contributed by atoms with Crippen LogP contribution in [0.4, 0.5) is 0 Å². The van der Waals surface area contributed by atoms with E-state index in [1.807, 2.05) is 6.07 Å². The minimum atomic E-state index is 0.289. The average Bonchev–Trinajstić information content (AvgIpc) is 3.28. The number of carbonyl (C=O) groups excluding carboxylic acids is 1.